The fraction of sp³-hybridized carbons (Fsp3) is 0.762. The molecule has 0 spiro atoms. The molecule has 156 valence electrons. The van der Waals surface area contributed by atoms with Gasteiger partial charge in [0.25, 0.3) is 5.91 Å². The number of aromatic nitrogens is 2. The maximum absolute atomic E-state index is 13.1. The molecule has 0 atom stereocenters. The van der Waals surface area contributed by atoms with E-state index in [-0.39, 0.29) is 17.9 Å². The van der Waals surface area contributed by atoms with Crippen LogP contribution in [0.15, 0.2) is 6.20 Å². The van der Waals surface area contributed by atoms with Crippen molar-refractivity contribution in [1.82, 2.24) is 19.6 Å². The predicted octanol–water partition coefficient (Wildman–Crippen LogP) is 3.55. The van der Waals surface area contributed by atoms with Gasteiger partial charge in [0.05, 0.1) is 17.5 Å². The summed E-state index contributed by atoms with van der Waals surface area (Å²) in [5.41, 5.74) is 1.26. The molecule has 0 radical (unpaired) electrons. The molecule has 1 aromatic rings. The SMILES string of the molecule is Cn1ncc(C(=O)N2CCCCCC2)c1C1CCN(C(=O)OC(C)(C)C)CC1. The molecule has 0 aliphatic carbocycles. The molecule has 3 rings (SSSR count). The minimum absolute atomic E-state index is 0.111. The van der Waals surface area contributed by atoms with E-state index in [1.54, 1.807) is 11.1 Å². The van der Waals surface area contributed by atoms with Crippen LogP contribution in [0.4, 0.5) is 4.79 Å². The van der Waals surface area contributed by atoms with E-state index in [1.807, 2.05) is 37.4 Å². The first kappa shape index (κ1) is 20.7. The van der Waals surface area contributed by atoms with Gasteiger partial charge in [-0.05, 0) is 46.5 Å². The van der Waals surface area contributed by atoms with E-state index < -0.39 is 5.60 Å². The molecule has 7 heteroatoms. The first-order chi connectivity index (χ1) is 13.3. The van der Waals surface area contributed by atoms with Gasteiger partial charge < -0.3 is 14.5 Å². The average Bonchev–Trinajstić information content (AvgIpc) is 2.84. The van der Waals surface area contributed by atoms with E-state index in [2.05, 4.69) is 5.10 Å². The summed E-state index contributed by atoms with van der Waals surface area (Å²) in [7, 11) is 1.91. The summed E-state index contributed by atoms with van der Waals surface area (Å²) in [6.07, 6.45) is 7.67. The van der Waals surface area contributed by atoms with Crippen LogP contribution in [-0.2, 0) is 11.8 Å². The van der Waals surface area contributed by atoms with Gasteiger partial charge in [0.15, 0.2) is 0 Å². The van der Waals surface area contributed by atoms with Gasteiger partial charge in [-0.15, -0.1) is 0 Å². The monoisotopic (exact) mass is 390 g/mol. The summed E-state index contributed by atoms with van der Waals surface area (Å²) in [6, 6.07) is 0. The zero-order chi connectivity index (χ0) is 20.3. The molecule has 2 fully saturated rings. The molecular formula is C21H34N4O3. The molecule has 1 aromatic heterocycles. The van der Waals surface area contributed by atoms with Crippen LogP contribution >= 0.6 is 0 Å². The van der Waals surface area contributed by atoms with E-state index in [0.717, 1.165) is 50.0 Å². The Bertz CT molecular complexity index is 691. The van der Waals surface area contributed by atoms with Gasteiger partial charge in [0.2, 0.25) is 0 Å². The Morgan fingerprint density at radius 1 is 1.00 bits per heavy atom. The van der Waals surface area contributed by atoms with Crippen molar-refractivity contribution in [3.05, 3.63) is 17.5 Å². The third-order valence-corrected chi connectivity index (χ3v) is 5.64. The first-order valence-electron chi connectivity index (χ1n) is 10.6. The highest BCUT2D eigenvalue weighted by molar-refractivity contribution is 5.95. The van der Waals surface area contributed by atoms with Crippen molar-refractivity contribution >= 4 is 12.0 Å². The Labute approximate surface area is 168 Å². The molecule has 0 saturated carbocycles. The number of likely N-dealkylation sites (tertiary alicyclic amines) is 2. The lowest BCUT2D eigenvalue weighted by Gasteiger charge is -2.34. The third-order valence-electron chi connectivity index (χ3n) is 5.64. The van der Waals surface area contributed by atoms with Crippen LogP contribution in [0.25, 0.3) is 0 Å². The van der Waals surface area contributed by atoms with Gasteiger partial charge in [-0.1, -0.05) is 12.8 Å². The molecule has 2 saturated heterocycles. The van der Waals surface area contributed by atoms with Crippen LogP contribution in [0.2, 0.25) is 0 Å². The number of hydrogen-bond donors (Lipinski definition) is 0. The van der Waals surface area contributed by atoms with Crippen LogP contribution in [0.1, 0.15) is 81.3 Å². The number of carbonyl (C=O) groups is 2. The topological polar surface area (TPSA) is 67.7 Å². The predicted molar refractivity (Wildman–Crippen MR) is 107 cm³/mol. The maximum Gasteiger partial charge on any atom is 0.410 e. The van der Waals surface area contributed by atoms with Gasteiger partial charge in [0.1, 0.15) is 5.60 Å². The van der Waals surface area contributed by atoms with Crippen LogP contribution in [0, 0.1) is 0 Å². The van der Waals surface area contributed by atoms with Gasteiger partial charge in [-0.2, -0.15) is 5.10 Å². The zero-order valence-corrected chi connectivity index (χ0v) is 17.7. The average molecular weight is 391 g/mol. The second-order valence-corrected chi connectivity index (χ2v) is 9.02. The van der Waals surface area contributed by atoms with Gasteiger partial charge in [-0.25, -0.2) is 4.79 Å². The number of amides is 2. The van der Waals surface area contributed by atoms with Crippen molar-refractivity contribution in [2.24, 2.45) is 7.05 Å². The van der Waals surface area contributed by atoms with Crippen LogP contribution in [0.5, 0.6) is 0 Å². The smallest absolute Gasteiger partial charge is 0.410 e. The molecular weight excluding hydrogens is 356 g/mol. The number of piperidine rings is 1. The summed E-state index contributed by atoms with van der Waals surface area (Å²) < 4.78 is 7.33. The number of nitrogens with zero attached hydrogens (tertiary/aromatic N) is 4. The summed E-state index contributed by atoms with van der Waals surface area (Å²) in [4.78, 5) is 29.2. The largest absolute Gasteiger partial charge is 0.444 e. The van der Waals surface area contributed by atoms with E-state index in [0.29, 0.717) is 13.1 Å². The molecule has 0 unspecified atom stereocenters. The van der Waals surface area contributed by atoms with Gasteiger partial charge in [0, 0.05) is 39.1 Å². The summed E-state index contributed by atoms with van der Waals surface area (Å²) in [6.45, 7) is 8.61. The van der Waals surface area contributed by atoms with Crippen LogP contribution in [0.3, 0.4) is 0 Å². The normalized spacial score (nSPS) is 19.4. The third kappa shape index (κ3) is 4.86. The molecule has 0 aromatic carbocycles. The lowest BCUT2D eigenvalue weighted by molar-refractivity contribution is 0.0202. The molecule has 0 bridgehead atoms. The molecule has 2 aliphatic heterocycles. The second kappa shape index (κ2) is 8.53. The van der Waals surface area contributed by atoms with Crippen molar-refractivity contribution < 1.29 is 14.3 Å². The fourth-order valence-corrected chi connectivity index (χ4v) is 4.20. The highest BCUT2D eigenvalue weighted by Crippen LogP contribution is 2.31. The van der Waals surface area contributed by atoms with Gasteiger partial charge in [-0.3, -0.25) is 9.48 Å². The van der Waals surface area contributed by atoms with E-state index in [4.69, 9.17) is 4.74 Å². The summed E-state index contributed by atoms with van der Waals surface area (Å²) >= 11 is 0. The molecule has 2 aliphatic rings. The van der Waals surface area contributed by atoms with Crippen molar-refractivity contribution in [2.45, 2.75) is 70.8 Å². The number of rotatable bonds is 2. The fourth-order valence-electron chi connectivity index (χ4n) is 4.20. The minimum atomic E-state index is -0.483. The number of carbonyl (C=O) groups excluding carboxylic acids is 2. The molecule has 3 heterocycles. The summed E-state index contributed by atoms with van der Waals surface area (Å²) in [5.74, 6) is 0.344. The molecule has 7 nitrogen and oxygen atoms in total. The van der Waals surface area contributed by atoms with E-state index in [1.165, 1.54) is 12.8 Å². The molecule has 0 N–H and O–H groups in total. The highest BCUT2D eigenvalue weighted by atomic mass is 16.6. The quantitative estimate of drug-likeness (QED) is 0.774. The number of ether oxygens (including phenoxy) is 1. The Morgan fingerprint density at radius 2 is 1.61 bits per heavy atom. The van der Waals surface area contributed by atoms with Gasteiger partial charge >= 0.3 is 6.09 Å². The summed E-state index contributed by atoms with van der Waals surface area (Å²) in [5, 5.41) is 4.40. The zero-order valence-electron chi connectivity index (χ0n) is 17.7. The minimum Gasteiger partial charge on any atom is -0.444 e. The Morgan fingerprint density at radius 3 is 2.18 bits per heavy atom. The van der Waals surface area contributed by atoms with E-state index >= 15 is 0 Å². The molecule has 2 amide bonds. The Balaban J connectivity index is 1.67. The maximum atomic E-state index is 13.1. The van der Waals surface area contributed by atoms with E-state index in [9.17, 15) is 9.59 Å². The Kier molecular flexibility index (Phi) is 6.30. The first-order valence-corrected chi connectivity index (χ1v) is 10.6. The Hall–Kier alpha value is -2.05. The number of hydrogen-bond acceptors (Lipinski definition) is 4. The van der Waals surface area contributed by atoms with Crippen molar-refractivity contribution in [1.29, 1.82) is 0 Å². The van der Waals surface area contributed by atoms with Crippen molar-refractivity contribution in [3.8, 4) is 0 Å². The highest BCUT2D eigenvalue weighted by Gasteiger charge is 2.32. The second-order valence-electron chi connectivity index (χ2n) is 9.02. The standard InChI is InChI=1S/C21H34N4O3/c1-21(2,3)28-20(27)25-13-9-16(10-14-25)18-17(15-22-23(18)4)19(26)24-11-7-5-6-8-12-24/h15-16H,5-14H2,1-4H3. The van der Waals surface area contributed by atoms with Crippen molar-refractivity contribution in [3.63, 3.8) is 0 Å². The lowest BCUT2D eigenvalue weighted by Crippen LogP contribution is -2.41. The van der Waals surface area contributed by atoms with Crippen LogP contribution in [-0.4, -0.2) is 63.4 Å². The van der Waals surface area contributed by atoms with Crippen LogP contribution < -0.4 is 0 Å². The lowest BCUT2D eigenvalue weighted by atomic mass is 9.91. The number of aryl methyl sites for hydroxylation is 1. The van der Waals surface area contributed by atoms with Crippen molar-refractivity contribution in [2.75, 3.05) is 26.2 Å². The molecule has 28 heavy (non-hydrogen) atoms.